The van der Waals surface area contributed by atoms with Crippen LogP contribution in [0, 0.1) is 5.92 Å². The molecule has 0 aromatic rings. The lowest BCUT2D eigenvalue weighted by atomic mass is 10.0. The van der Waals surface area contributed by atoms with E-state index < -0.39 is 12.2 Å². The zero-order chi connectivity index (χ0) is 10.8. The number of likely N-dealkylation sites (tertiary alicyclic amines) is 1. The number of carbonyl (C=O) groups excluding carboxylic acids is 1. The number of carbonyl (C=O) groups is 1. The van der Waals surface area contributed by atoms with E-state index >= 15 is 0 Å². The van der Waals surface area contributed by atoms with Crippen molar-refractivity contribution in [1.82, 2.24) is 10.2 Å². The lowest BCUT2D eigenvalue weighted by molar-refractivity contribution is -0.131. The minimum atomic E-state index is -0.768. The zero-order valence-corrected chi connectivity index (χ0v) is 8.72. The molecule has 3 atom stereocenters. The van der Waals surface area contributed by atoms with Crippen LogP contribution < -0.4 is 5.32 Å². The Labute approximate surface area is 89.1 Å². The summed E-state index contributed by atoms with van der Waals surface area (Å²) < 4.78 is 0. The van der Waals surface area contributed by atoms with Crippen molar-refractivity contribution in [1.29, 1.82) is 0 Å². The van der Waals surface area contributed by atoms with Crippen LogP contribution >= 0.6 is 0 Å². The van der Waals surface area contributed by atoms with Gasteiger partial charge in [-0.1, -0.05) is 0 Å². The highest BCUT2D eigenvalue weighted by Crippen LogP contribution is 2.17. The van der Waals surface area contributed by atoms with E-state index in [-0.39, 0.29) is 19.0 Å². The van der Waals surface area contributed by atoms with Gasteiger partial charge in [0.05, 0.1) is 12.2 Å². The number of aliphatic hydroxyl groups excluding tert-OH is 2. The van der Waals surface area contributed by atoms with Crippen LogP contribution in [0.15, 0.2) is 0 Å². The van der Waals surface area contributed by atoms with Crippen molar-refractivity contribution in [3.63, 3.8) is 0 Å². The smallest absolute Gasteiger partial charge is 0.223 e. The highest BCUT2D eigenvalue weighted by Gasteiger charge is 2.33. The average molecular weight is 214 g/mol. The second kappa shape index (κ2) is 4.47. The number of hydrogen-bond donors (Lipinski definition) is 3. The van der Waals surface area contributed by atoms with Gasteiger partial charge in [0.15, 0.2) is 0 Å². The fraction of sp³-hybridized carbons (Fsp3) is 0.900. The third-order valence-electron chi connectivity index (χ3n) is 3.24. The third kappa shape index (κ3) is 2.48. The Balaban J connectivity index is 1.81. The third-order valence-corrected chi connectivity index (χ3v) is 3.24. The van der Waals surface area contributed by atoms with E-state index in [1.807, 2.05) is 0 Å². The molecule has 0 bridgehead atoms. The number of β-amino-alcohol motifs (C(OH)–C–C–N with tert-alkyl or cyclic N) is 2. The van der Waals surface area contributed by atoms with Crippen LogP contribution in [0.2, 0.25) is 0 Å². The van der Waals surface area contributed by atoms with Gasteiger partial charge in [-0.15, -0.1) is 0 Å². The summed E-state index contributed by atoms with van der Waals surface area (Å²) in [6, 6.07) is 0. The molecule has 0 spiro atoms. The number of aliphatic hydroxyl groups is 2. The molecule has 1 unspecified atom stereocenters. The number of amides is 1. The van der Waals surface area contributed by atoms with Crippen molar-refractivity contribution < 1.29 is 15.0 Å². The van der Waals surface area contributed by atoms with Crippen molar-refractivity contribution >= 4 is 5.91 Å². The molecule has 86 valence electrons. The molecule has 2 fully saturated rings. The lowest BCUT2D eigenvalue weighted by Gasteiger charge is -2.17. The molecule has 2 aliphatic heterocycles. The first kappa shape index (κ1) is 10.9. The minimum Gasteiger partial charge on any atom is -0.388 e. The molecule has 5 nitrogen and oxygen atoms in total. The Morgan fingerprint density at radius 2 is 2.00 bits per heavy atom. The molecule has 0 radical (unpaired) electrons. The Morgan fingerprint density at radius 3 is 2.53 bits per heavy atom. The summed E-state index contributed by atoms with van der Waals surface area (Å²) in [4.78, 5) is 13.3. The second-order valence-corrected chi connectivity index (χ2v) is 4.50. The molecule has 15 heavy (non-hydrogen) atoms. The average Bonchev–Trinajstić information content (AvgIpc) is 2.78. The number of hydrogen-bond acceptors (Lipinski definition) is 4. The molecule has 0 saturated carbocycles. The molecule has 0 aromatic carbocycles. The van der Waals surface area contributed by atoms with Gasteiger partial charge in [0.1, 0.15) is 0 Å². The molecule has 2 aliphatic rings. The monoisotopic (exact) mass is 214 g/mol. The highest BCUT2D eigenvalue weighted by atomic mass is 16.3. The summed E-state index contributed by atoms with van der Waals surface area (Å²) in [7, 11) is 0. The molecule has 5 heteroatoms. The predicted molar refractivity (Wildman–Crippen MR) is 54.2 cm³/mol. The van der Waals surface area contributed by atoms with Gasteiger partial charge < -0.3 is 20.4 Å². The summed E-state index contributed by atoms with van der Waals surface area (Å²) in [5.74, 6) is 0.478. The van der Waals surface area contributed by atoms with E-state index in [1.165, 1.54) is 0 Å². The zero-order valence-electron chi connectivity index (χ0n) is 8.72. The van der Waals surface area contributed by atoms with Crippen LogP contribution in [-0.4, -0.2) is 59.4 Å². The van der Waals surface area contributed by atoms with Gasteiger partial charge in [-0.25, -0.2) is 0 Å². The summed E-state index contributed by atoms with van der Waals surface area (Å²) in [6.07, 6.45) is 0.0447. The molecule has 3 N–H and O–H groups in total. The van der Waals surface area contributed by atoms with E-state index in [0.717, 1.165) is 19.5 Å². The summed E-state index contributed by atoms with van der Waals surface area (Å²) >= 11 is 0. The first-order valence-corrected chi connectivity index (χ1v) is 5.51. The maximum atomic E-state index is 11.8. The Kier molecular flexibility index (Phi) is 3.23. The van der Waals surface area contributed by atoms with Crippen LogP contribution in [0.1, 0.15) is 12.8 Å². The van der Waals surface area contributed by atoms with Crippen LogP contribution in [0.4, 0.5) is 0 Å². The SMILES string of the molecule is O=C(CC1CCNC1)N1C[C@@H](O)[C@@H](O)C1. The molecule has 1 amide bonds. The van der Waals surface area contributed by atoms with Gasteiger partial charge in [-0.05, 0) is 25.4 Å². The molecule has 0 aliphatic carbocycles. The largest absolute Gasteiger partial charge is 0.388 e. The normalized spacial score (nSPS) is 36.1. The fourth-order valence-electron chi connectivity index (χ4n) is 2.24. The maximum Gasteiger partial charge on any atom is 0.223 e. The van der Waals surface area contributed by atoms with E-state index in [1.54, 1.807) is 4.90 Å². The van der Waals surface area contributed by atoms with E-state index in [2.05, 4.69) is 5.32 Å². The van der Waals surface area contributed by atoms with Crippen LogP contribution in [0.25, 0.3) is 0 Å². The van der Waals surface area contributed by atoms with Gasteiger partial charge in [0.25, 0.3) is 0 Å². The summed E-state index contributed by atoms with van der Waals surface area (Å²) in [5, 5.41) is 21.9. The summed E-state index contributed by atoms with van der Waals surface area (Å²) in [6.45, 7) is 2.45. The van der Waals surface area contributed by atoms with Crippen LogP contribution in [-0.2, 0) is 4.79 Å². The van der Waals surface area contributed by atoms with Gasteiger partial charge in [-0.2, -0.15) is 0 Å². The van der Waals surface area contributed by atoms with E-state index in [4.69, 9.17) is 0 Å². The number of nitrogens with one attached hydrogen (secondary N) is 1. The lowest BCUT2D eigenvalue weighted by Crippen LogP contribution is -2.31. The predicted octanol–water partition coefficient (Wildman–Crippen LogP) is -1.45. The van der Waals surface area contributed by atoms with Crippen molar-refractivity contribution in [3.8, 4) is 0 Å². The maximum absolute atomic E-state index is 11.8. The number of nitrogens with zero attached hydrogens (tertiary/aromatic N) is 1. The van der Waals surface area contributed by atoms with Crippen molar-refractivity contribution in [2.24, 2.45) is 5.92 Å². The standard InChI is InChI=1S/C10H18N2O3/c13-8-5-12(6-9(8)14)10(15)3-7-1-2-11-4-7/h7-9,11,13-14H,1-6H2/t7?,8-,9+. The first-order valence-electron chi connectivity index (χ1n) is 5.51. The second-order valence-electron chi connectivity index (χ2n) is 4.50. The minimum absolute atomic E-state index is 0.0549. The van der Waals surface area contributed by atoms with E-state index in [9.17, 15) is 15.0 Å². The van der Waals surface area contributed by atoms with Crippen molar-refractivity contribution in [2.75, 3.05) is 26.2 Å². The molecule has 0 aromatic heterocycles. The quantitative estimate of drug-likeness (QED) is 0.526. The van der Waals surface area contributed by atoms with Gasteiger partial charge in [0, 0.05) is 19.5 Å². The van der Waals surface area contributed by atoms with Gasteiger partial charge in [-0.3, -0.25) is 4.79 Å². The Bertz CT molecular complexity index is 231. The highest BCUT2D eigenvalue weighted by molar-refractivity contribution is 5.77. The van der Waals surface area contributed by atoms with Crippen molar-refractivity contribution in [2.45, 2.75) is 25.0 Å². The van der Waals surface area contributed by atoms with Crippen LogP contribution in [0.5, 0.6) is 0 Å². The van der Waals surface area contributed by atoms with Crippen LogP contribution in [0.3, 0.4) is 0 Å². The Hall–Kier alpha value is -0.650. The van der Waals surface area contributed by atoms with E-state index in [0.29, 0.717) is 12.3 Å². The molecule has 2 rings (SSSR count). The topological polar surface area (TPSA) is 72.8 Å². The molecular weight excluding hydrogens is 196 g/mol. The number of rotatable bonds is 2. The van der Waals surface area contributed by atoms with Gasteiger partial charge >= 0.3 is 0 Å². The Morgan fingerprint density at radius 1 is 1.33 bits per heavy atom. The van der Waals surface area contributed by atoms with Gasteiger partial charge in [0.2, 0.25) is 5.91 Å². The molecular formula is C10H18N2O3. The molecule has 2 heterocycles. The molecule has 2 saturated heterocycles. The van der Waals surface area contributed by atoms with Crippen molar-refractivity contribution in [3.05, 3.63) is 0 Å². The summed E-state index contributed by atoms with van der Waals surface area (Å²) in [5.41, 5.74) is 0. The fourth-order valence-corrected chi connectivity index (χ4v) is 2.24. The first-order chi connectivity index (χ1) is 7.16.